The molecule has 0 bridgehead atoms. The molecule has 6 heteroatoms. The van der Waals surface area contributed by atoms with Crippen molar-refractivity contribution in [3.05, 3.63) is 33.9 Å². The van der Waals surface area contributed by atoms with E-state index in [-0.39, 0.29) is 11.3 Å². The molecule has 2 aromatic rings. The lowest BCUT2D eigenvalue weighted by Crippen LogP contribution is -2.28. The molecular weight excluding hydrogens is 256 g/mol. The van der Waals surface area contributed by atoms with E-state index in [0.717, 1.165) is 31.6 Å². The van der Waals surface area contributed by atoms with Gasteiger partial charge in [-0.25, -0.2) is 4.52 Å². The Morgan fingerprint density at radius 1 is 1.45 bits per heavy atom. The number of aromatic amines is 1. The number of rotatable bonds is 3. The van der Waals surface area contributed by atoms with E-state index in [9.17, 15) is 9.59 Å². The van der Waals surface area contributed by atoms with Gasteiger partial charge in [0.25, 0.3) is 5.56 Å². The van der Waals surface area contributed by atoms with E-state index in [1.54, 1.807) is 23.7 Å². The number of fused-ring (bicyclic) bond motifs is 1. The first-order chi connectivity index (χ1) is 9.70. The molecule has 1 aliphatic heterocycles. The molecule has 0 spiro atoms. The largest absolute Gasteiger partial charge is 0.317 e. The normalized spacial score (nSPS) is 16.6. The van der Waals surface area contributed by atoms with Crippen molar-refractivity contribution in [2.75, 3.05) is 13.1 Å². The summed E-state index contributed by atoms with van der Waals surface area (Å²) in [5.41, 5.74) is 1.76. The van der Waals surface area contributed by atoms with Gasteiger partial charge in [0.15, 0.2) is 5.78 Å². The van der Waals surface area contributed by atoms with Crippen molar-refractivity contribution in [1.29, 1.82) is 0 Å². The molecule has 2 N–H and O–H groups in total. The molecule has 0 radical (unpaired) electrons. The first kappa shape index (κ1) is 13.1. The maximum absolute atomic E-state index is 11.9. The summed E-state index contributed by atoms with van der Waals surface area (Å²) in [4.78, 5) is 26.5. The SMILES string of the molecule is CCC(=O)c1cnn2c(C3CCNCC3)cc(=O)[nH]c12. The van der Waals surface area contributed by atoms with Gasteiger partial charge in [-0.2, -0.15) is 5.10 Å². The van der Waals surface area contributed by atoms with Gasteiger partial charge in [-0.3, -0.25) is 9.59 Å². The van der Waals surface area contributed by atoms with E-state index in [1.807, 2.05) is 0 Å². The van der Waals surface area contributed by atoms with Crippen LogP contribution >= 0.6 is 0 Å². The molecule has 106 valence electrons. The quantitative estimate of drug-likeness (QED) is 0.821. The molecule has 1 aliphatic rings. The third-order valence-electron chi connectivity index (χ3n) is 3.91. The van der Waals surface area contributed by atoms with Gasteiger partial charge in [-0.15, -0.1) is 0 Å². The molecule has 0 amide bonds. The summed E-state index contributed by atoms with van der Waals surface area (Å²) in [7, 11) is 0. The minimum atomic E-state index is -0.170. The first-order valence-corrected chi connectivity index (χ1v) is 7.05. The minimum absolute atomic E-state index is 0.00175. The van der Waals surface area contributed by atoms with Gasteiger partial charge in [-0.1, -0.05) is 6.92 Å². The van der Waals surface area contributed by atoms with Gasteiger partial charge in [0.2, 0.25) is 0 Å². The number of nitrogens with zero attached hydrogens (tertiary/aromatic N) is 2. The van der Waals surface area contributed by atoms with Crippen LogP contribution < -0.4 is 10.9 Å². The van der Waals surface area contributed by atoms with Crippen molar-refractivity contribution in [1.82, 2.24) is 19.9 Å². The van der Waals surface area contributed by atoms with E-state index in [1.165, 1.54) is 0 Å². The van der Waals surface area contributed by atoms with Gasteiger partial charge in [0.1, 0.15) is 5.65 Å². The third-order valence-corrected chi connectivity index (χ3v) is 3.91. The second-order valence-corrected chi connectivity index (χ2v) is 5.18. The Bertz CT molecular complexity index is 695. The Balaban J connectivity index is 2.15. The van der Waals surface area contributed by atoms with Crippen molar-refractivity contribution < 1.29 is 4.79 Å². The van der Waals surface area contributed by atoms with Crippen molar-refractivity contribution >= 4 is 11.4 Å². The standard InChI is InChI=1S/C14H18N4O2/c1-2-12(19)10-8-16-18-11(7-13(20)17-14(10)18)9-3-5-15-6-4-9/h7-9,15H,2-6H2,1H3,(H,17,20). The summed E-state index contributed by atoms with van der Waals surface area (Å²) in [6.07, 6.45) is 3.92. The fraction of sp³-hybridized carbons (Fsp3) is 0.500. The van der Waals surface area contributed by atoms with Gasteiger partial charge in [0, 0.05) is 18.4 Å². The lowest BCUT2D eigenvalue weighted by molar-refractivity contribution is 0.0989. The van der Waals surface area contributed by atoms with Crippen molar-refractivity contribution in [3.63, 3.8) is 0 Å². The number of H-pyrrole nitrogens is 1. The number of ketones is 1. The Hall–Kier alpha value is -1.95. The number of Topliss-reactive ketones (excluding diaryl/α,β-unsaturated/α-hetero) is 1. The molecule has 0 aromatic carbocycles. The Morgan fingerprint density at radius 2 is 2.20 bits per heavy atom. The van der Waals surface area contributed by atoms with Gasteiger partial charge in [-0.05, 0) is 25.9 Å². The molecule has 20 heavy (non-hydrogen) atoms. The summed E-state index contributed by atoms with van der Waals surface area (Å²) in [6.45, 7) is 3.70. The Labute approximate surface area is 116 Å². The second kappa shape index (κ2) is 5.20. The highest BCUT2D eigenvalue weighted by atomic mass is 16.1. The number of nitrogens with one attached hydrogen (secondary N) is 2. The van der Waals surface area contributed by atoms with Crippen LogP contribution in [0.2, 0.25) is 0 Å². The summed E-state index contributed by atoms with van der Waals surface area (Å²) in [5, 5.41) is 7.62. The molecule has 0 atom stereocenters. The van der Waals surface area contributed by atoms with Gasteiger partial charge < -0.3 is 10.3 Å². The van der Waals surface area contributed by atoms with Crippen LogP contribution in [0, 0.1) is 0 Å². The van der Waals surface area contributed by atoms with E-state index < -0.39 is 0 Å². The predicted molar refractivity (Wildman–Crippen MR) is 75.3 cm³/mol. The molecule has 3 heterocycles. The fourth-order valence-corrected chi connectivity index (χ4v) is 2.82. The molecule has 0 aliphatic carbocycles. The highest BCUT2D eigenvalue weighted by molar-refractivity contribution is 6.01. The molecule has 0 unspecified atom stereocenters. The van der Waals surface area contributed by atoms with Crippen LogP contribution in [0.15, 0.2) is 17.1 Å². The lowest BCUT2D eigenvalue weighted by Gasteiger charge is -2.23. The predicted octanol–water partition coefficient (Wildman–Crippen LogP) is 1.08. The highest BCUT2D eigenvalue weighted by Crippen LogP contribution is 2.25. The molecule has 2 aromatic heterocycles. The van der Waals surface area contributed by atoms with E-state index in [4.69, 9.17) is 0 Å². The van der Waals surface area contributed by atoms with Crippen molar-refractivity contribution in [3.8, 4) is 0 Å². The topological polar surface area (TPSA) is 79.3 Å². The smallest absolute Gasteiger partial charge is 0.251 e. The summed E-state index contributed by atoms with van der Waals surface area (Å²) < 4.78 is 1.72. The van der Waals surface area contributed by atoms with E-state index in [0.29, 0.717) is 23.5 Å². The summed E-state index contributed by atoms with van der Waals surface area (Å²) >= 11 is 0. The second-order valence-electron chi connectivity index (χ2n) is 5.18. The van der Waals surface area contributed by atoms with Crippen molar-refractivity contribution in [2.45, 2.75) is 32.1 Å². The van der Waals surface area contributed by atoms with Crippen LogP contribution in [0.5, 0.6) is 0 Å². The molecular formula is C14H18N4O2. The number of carbonyl (C=O) groups is 1. The number of carbonyl (C=O) groups excluding carboxylic acids is 1. The van der Waals surface area contributed by atoms with Crippen LogP contribution in [-0.4, -0.2) is 33.5 Å². The van der Waals surface area contributed by atoms with Crippen LogP contribution in [0.1, 0.15) is 48.2 Å². The maximum Gasteiger partial charge on any atom is 0.251 e. The fourth-order valence-electron chi connectivity index (χ4n) is 2.82. The monoisotopic (exact) mass is 274 g/mol. The summed E-state index contributed by atoms with van der Waals surface area (Å²) in [6, 6.07) is 1.61. The minimum Gasteiger partial charge on any atom is -0.317 e. The molecule has 1 fully saturated rings. The number of piperidine rings is 1. The van der Waals surface area contributed by atoms with E-state index in [2.05, 4.69) is 15.4 Å². The lowest BCUT2D eigenvalue weighted by atomic mass is 9.94. The zero-order valence-corrected chi connectivity index (χ0v) is 11.5. The number of hydrogen-bond acceptors (Lipinski definition) is 4. The summed E-state index contributed by atoms with van der Waals surface area (Å²) in [5.74, 6) is 0.309. The molecule has 1 saturated heterocycles. The van der Waals surface area contributed by atoms with Crippen LogP contribution in [0.3, 0.4) is 0 Å². The van der Waals surface area contributed by atoms with Gasteiger partial charge in [0.05, 0.1) is 17.5 Å². The van der Waals surface area contributed by atoms with Crippen molar-refractivity contribution in [2.24, 2.45) is 0 Å². The highest BCUT2D eigenvalue weighted by Gasteiger charge is 2.21. The van der Waals surface area contributed by atoms with Crippen LogP contribution in [0.4, 0.5) is 0 Å². The molecule has 3 rings (SSSR count). The van der Waals surface area contributed by atoms with E-state index >= 15 is 0 Å². The average molecular weight is 274 g/mol. The van der Waals surface area contributed by atoms with Crippen LogP contribution in [0.25, 0.3) is 5.65 Å². The molecule has 0 saturated carbocycles. The number of hydrogen-bond donors (Lipinski definition) is 2. The maximum atomic E-state index is 11.9. The Kier molecular flexibility index (Phi) is 3.40. The third kappa shape index (κ3) is 2.16. The molecule has 6 nitrogen and oxygen atoms in total. The average Bonchev–Trinajstić information content (AvgIpc) is 2.90. The zero-order chi connectivity index (χ0) is 14.1. The number of aromatic nitrogens is 3. The zero-order valence-electron chi connectivity index (χ0n) is 11.5. The van der Waals surface area contributed by atoms with Gasteiger partial charge >= 0.3 is 0 Å². The van der Waals surface area contributed by atoms with Crippen LogP contribution in [-0.2, 0) is 0 Å². The first-order valence-electron chi connectivity index (χ1n) is 7.05. The Morgan fingerprint density at radius 3 is 2.90 bits per heavy atom.